The van der Waals surface area contributed by atoms with Crippen LogP contribution < -0.4 is 4.74 Å². The van der Waals surface area contributed by atoms with Gasteiger partial charge in [-0.15, -0.1) is 15.0 Å². The minimum atomic E-state index is 0.579. The van der Waals surface area contributed by atoms with E-state index in [9.17, 15) is 0 Å². The number of hydrogen-bond donors (Lipinski definition) is 0. The maximum Gasteiger partial charge on any atom is 0.146 e. The Hall–Kier alpha value is -2.07. The van der Waals surface area contributed by atoms with Crippen molar-refractivity contribution in [3.05, 3.63) is 47.5 Å². The molecule has 0 aliphatic heterocycles. The van der Waals surface area contributed by atoms with Gasteiger partial charge < -0.3 is 4.74 Å². The molecule has 0 saturated heterocycles. The lowest BCUT2D eigenvalue weighted by Gasteiger charge is -2.09. The van der Waals surface area contributed by atoms with Crippen molar-refractivity contribution in [2.45, 2.75) is 34.6 Å². The fourth-order valence-corrected chi connectivity index (χ4v) is 2.06. The smallest absolute Gasteiger partial charge is 0.146 e. The third-order valence-electron chi connectivity index (χ3n) is 2.72. The van der Waals surface area contributed by atoms with E-state index >= 15 is 0 Å². The van der Waals surface area contributed by atoms with Crippen molar-refractivity contribution < 1.29 is 4.74 Å². The number of ether oxygens (including phenoxy) is 1. The lowest BCUT2D eigenvalue weighted by atomic mass is 10.3. The highest BCUT2D eigenvalue weighted by Gasteiger charge is 2.10. The molecule has 0 aliphatic rings. The van der Waals surface area contributed by atoms with Gasteiger partial charge in [0.15, 0.2) is 0 Å². The Balaban J connectivity index is 0.000000615. The molecule has 3 aromatic rings. The van der Waals surface area contributed by atoms with Gasteiger partial charge >= 0.3 is 0 Å². The zero-order chi connectivity index (χ0) is 17.2. The van der Waals surface area contributed by atoms with Gasteiger partial charge in [-0.2, -0.15) is 0 Å². The van der Waals surface area contributed by atoms with Crippen molar-refractivity contribution >= 4 is 22.6 Å². The summed E-state index contributed by atoms with van der Waals surface area (Å²) < 4.78 is 5.58. The van der Waals surface area contributed by atoms with Crippen LogP contribution in [0.5, 0.6) is 5.75 Å². The molecule has 5 heteroatoms. The second-order valence-electron chi connectivity index (χ2n) is 4.02. The highest BCUT2D eigenvalue weighted by atomic mass is 35.5. The van der Waals surface area contributed by atoms with Crippen LogP contribution in [0.25, 0.3) is 16.7 Å². The average Bonchev–Trinajstić information content (AvgIpc) is 3.04. The van der Waals surface area contributed by atoms with E-state index in [1.165, 1.54) is 0 Å². The number of aromatic nitrogens is 3. The number of rotatable bonds is 3. The Morgan fingerprint density at radius 1 is 0.957 bits per heavy atom. The van der Waals surface area contributed by atoms with Gasteiger partial charge in [0, 0.05) is 5.02 Å². The van der Waals surface area contributed by atoms with E-state index in [1.54, 1.807) is 16.9 Å². The first kappa shape index (κ1) is 19.0. The third kappa shape index (κ3) is 4.70. The molecular weight excluding hydrogens is 310 g/mol. The fraction of sp³-hybridized carbons (Fsp3) is 0.333. The number of hydrogen-bond acceptors (Lipinski definition) is 3. The van der Waals surface area contributed by atoms with Gasteiger partial charge in [-0.3, -0.25) is 0 Å². The molecule has 0 radical (unpaired) electrons. The predicted molar refractivity (Wildman–Crippen MR) is 97.7 cm³/mol. The minimum absolute atomic E-state index is 0.579. The van der Waals surface area contributed by atoms with Crippen LogP contribution in [0.4, 0.5) is 0 Å². The number of benzene rings is 2. The first-order chi connectivity index (χ1) is 11.3. The molecule has 3 rings (SSSR count). The predicted octanol–water partition coefficient (Wildman–Crippen LogP) is 5.53. The van der Waals surface area contributed by atoms with Crippen LogP contribution in [0, 0.1) is 0 Å². The van der Waals surface area contributed by atoms with Gasteiger partial charge in [0.1, 0.15) is 22.5 Å². The van der Waals surface area contributed by atoms with Crippen LogP contribution in [0.1, 0.15) is 34.6 Å². The number of halogens is 1. The molecule has 0 atom stereocenters. The van der Waals surface area contributed by atoms with Crippen molar-refractivity contribution in [2.24, 2.45) is 0 Å². The quantitative estimate of drug-likeness (QED) is 0.633. The second kappa shape index (κ2) is 9.85. The van der Waals surface area contributed by atoms with Crippen molar-refractivity contribution in [2.75, 3.05) is 6.61 Å². The summed E-state index contributed by atoms with van der Waals surface area (Å²) in [6.45, 7) is 10.5. The monoisotopic (exact) mass is 333 g/mol. The van der Waals surface area contributed by atoms with Gasteiger partial charge in [0.2, 0.25) is 0 Å². The summed E-state index contributed by atoms with van der Waals surface area (Å²) in [5.74, 6) is 0.715. The molecule has 0 aliphatic carbocycles. The van der Waals surface area contributed by atoms with Crippen LogP contribution in [-0.2, 0) is 0 Å². The third-order valence-corrected chi connectivity index (χ3v) is 2.96. The zero-order valence-corrected chi connectivity index (χ0v) is 15.1. The van der Waals surface area contributed by atoms with Crippen molar-refractivity contribution in [3.63, 3.8) is 0 Å². The summed E-state index contributed by atoms with van der Waals surface area (Å²) in [6.07, 6.45) is 0. The van der Waals surface area contributed by atoms with E-state index in [0.29, 0.717) is 17.4 Å². The van der Waals surface area contributed by atoms with E-state index in [1.807, 2.05) is 65.0 Å². The van der Waals surface area contributed by atoms with E-state index in [4.69, 9.17) is 16.3 Å². The first-order valence-corrected chi connectivity index (χ1v) is 8.40. The highest BCUT2D eigenvalue weighted by Crippen LogP contribution is 2.26. The average molecular weight is 334 g/mol. The van der Waals surface area contributed by atoms with Gasteiger partial charge in [-0.25, -0.2) is 0 Å². The minimum Gasteiger partial charge on any atom is -0.492 e. The van der Waals surface area contributed by atoms with Gasteiger partial charge in [0.25, 0.3) is 0 Å². The molecule has 0 spiro atoms. The molecule has 0 amide bonds. The molecule has 4 nitrogen and oxygen atoms in total. The zero-order valence-electron chi connectivity index (χ0n) is 14.4. The van der Waals surface area contributed by atoms with E-state index in [-0.39, 0.29) is 0 Å². The fourth-order valence-electron chi connectivity index (χ4n) is 1.89. The SMILES string of the molecule is CC.CC.CCOc1ccc(Cl)cc1-n1nc2ccccc2n1. The van der Waals surface area contributed by atoms with Crippen molar-refractivity contribution in [1.82, 2.24) is 15.0 Å². The normalized spacial score (nSPS) is 9.48. The van der Waals surface area contributed by atoms with Gasteiger partial charge in [-0.05, 0) is 37.3 Å². The standard InChI is InChI=1S/C14H12ClN3O.2C2H6/c1-2-19-14-8-7-10(15)9-13(14)18-16-11-5-3-4-6-12(11)17-18;2*1-2/h3-9H,2H2,1H3;2*1-2H3. The molecule has 0 bridgehead atoms. The maximum absolute atomic E-state index is 6.04. The molecule has 23 heavy (non-hydrogen) atoms. The molecule has 2 aromatic carbocycles. The number of fused-ring (bicyclic) bond motifs is 1. The van der Waals surface area contributed by atoms with E-state index in [2.05, 4.69) is 10.2 Å². The molecule has 1 heterocycles. The molecular formula is C18H24ClN3O. The molecule has 124 valence electrons. The largest absolute Gasteiger partial charge is 0.492 e. The summed E-state index contributed by atoms with van der Waals surface area (Å²) in [5.41, 5.74) is 2.42. The maximum atomic E-state index is 6.04. The van der Waals surface area contributed by atoms with E-state index in [0.717, 1.165) is 16.7 Å². The van der Waals surface area contributed by atoms with Crippen molar-refractivity contribution in [1.29, 1.82) is 0 Å². The topological polar surface area (TPSA) is 39.9 Å². The van der Waals surface area contributed by atoms with Crippen LogP contribution in [0.3, 0.4) is 0 Å². The molecule has 0 unspecified atom stereocenters. The first-order valence-electron chi connectivity index (χ1n) is 8.03. The molecule has 0 fully saturated rings. The van der Waals surface area contributed by atoms with Gasteiger partial charge in [0.05, 0.1) is 6.61 Å². The summed E-state index contributed by atoms with van der Waals surface area (Å²) >= 11 is 6.04. The van der Waals surface area contributed by atoms with E-state index < -0.39 is 0 Å². The Bertz CT molecular complexity index is 692. The van der Waals surface area contributed by atoms with Crippen molar-refractivity contribution in [3.8, 4) is 11.4 Å². The summed E-state index contributed by atoms with van der Waals surface area (Å²) in [4.78, 5) is 1.56. The molecule has 0 saturated carbocycles. The lowest BCUT2D eigenvalue weighted by Crippen LogP contribution is -2.03. The summed E-state index contributed by atoms with van der Waals surface area (Å²) in [6, 6.07) is 13.1. The Kier molecular flexibility index (Phi) is 8.13. The Morgan fingerprint density at radius 3 is 2.04 bits per heavy atom. The van der Waals surface area contributed by atoms with Crippen LogP contribution in [0.15, 0.2) is 42.5 Å². The van der Waals surface area contributed by atoms with Crippen LogP contribution >= 0.6 is 11.6 Å². The molecule has 1 aromatic heterocycles. The Morgan fingerprint density at radius 2 is 1.52 bits per heavy atom. The number of nitrogens with zero attached hydrogens (tertiary/aromatic N) is 3. The van der Waals surface area contributed by atoms with Gasteiger partial charge in [-0.1, -0.05) is 51.4 Å². The summed E-state index contributed by atoms with van der Waals surface area (Å²) in [7, 11) is 0. The van der Waals surface area contributed by atoms with Crippen LogP contribution in [0.2, 0.25) is 5.02 Å². The molecule has 0 N–H and O–H groups in total. The Labute approximate surface area is 143 Å². The van der Waals surface area contributed by atoms with Crippen LogP contribution in [-0.4, -0.2) is 21.6 Å². The summed E-state index contributed by atoms with van der Waals surface area (Å²) in [5, 5.41) is 9.49. The second-order valence-corrected chi connectivity index (χ2v) is 4.46. The highest BCUT2D eigenvalue weighted by molar-refractivity contribution is 6.30. The lowest BCUT2D eigenvalue weighted by molar-refractivity contribution is 0.337.